The molecule has 1 fully saturated rings. The lowest BCUT2D eigenvalue weighted by atomic mass is 9.66. The lowest BCUT2D eigenvalue weighted by Crippen LogP contribution is -2.45. The number of amides is 1. The Hall–Kier alpha value is -1.36. The van der Waals surface area contributed by atoms with Gasteiger partial charge in [0.1, 0.15) is 6.04 Å². The van der Waals surface area contributed by atoms with Crippen molar-refractivity contribution in [3.8, 4) is 0 Å². The predicted octanol–water partition coefficient (Wildman–Crippen LogP) is 1.77. The van der Waals surface area contributed by atoms with Gasteiger partial charge in [-0.05, 0) is 31.7 Å². The molecule has 1 aliphatic carbocycles. The first-order valence-corrected chi connectivity index (χ1v) is 7.54. The molecule has 1 aromatic heterocycles. The molecule has 2 rings (SSSR count). The Bertz CT molecular complexity index is 450. The van der Waals surface area contributed by atoms with Crippen LogP contribution in [0.5, 0.6) is 0 Å². The maximum atomic E-state index is 12.4. The van der Waals surface area contributed by atoms with Gasteiger partial charge in [-0.2, -0.15) is 5.10 Å². The average Bonchev–Trinajstić information content (AvgIpc) is 2.80. The molecule has 5 nitrogen and oxygen atoms in total. The molecule has 0 bridgehead atoms. The van der Waals surface area contributed by atoms with Gasteiger partial charge in [-0.1, -0.05) is 19.8 Å². The topological polar surface area (TPSA) is 59.0 Å². The fourth-order valence-electron chi connectivity index (χ4n) is 3.14. The fraction of sp³-hybridized carbons (Fsp3) is 0.733. The third-order valence-corrected chi connectivity index (χ3v) is 4.44. The summed E-state index contributed by atoms with van der Waals surface area (Å²) in [5.41, 5.74) is 1.27. The van der Waals surface area contributed by atoms with Gasteiger partial charge < -0.3 is 10.6 Å². The molecule has 1 amide bonds. The highest BCUT2D eigenvalue weighted by atomic mass is 16.2. The van der Waals surface area contributed by atoms with Crippen LogP contribution in [0.25, 0.3) is 0 Å². The highest BCUT2D eigenvalue weighted by Gasteiger charge is 2.36. The minimum Gasteiger partial charge on any atom is -0.354 e. The van der Waals surface area contributed by atoms with E-state index in [9.17, 15) is 4.79 Å². The number of nitrogens with one attached hydrogen (secondary N) is 2. The SMILES string of the molecule is CCCC1(CNC(=O)C(NC)c2cnn(C)c2)CCC1. The number of nitrogens with zero attached hydrogens (tertiary/aromatic N) is 2. The molecule has 1 aromatic rings. The first-order chi connectivity index (χ1) is 9.60. The predicted molar refractivity (Wildman–Crippen MR) is 79.2 cm³/mol. The van der Waals surface area contributed by atoms with Crippen molar-refractivity contribution >= 4 is 5.91 Å². The second-order valence-corrected chi connectivity index (χ2v) is 5.99. The number of likely N-dealkylation sites (N-methyl/N-ethyl adjacent to an activating group) is 1. The Labute approximate surface area is 121 Å². The summed E-state index contributed by atoms with van der Waals surface area (Å²) in [6.45, 7) is 3.02. The van der Waals surface area contributed by atoms with Gasteiger partial charge in [-0.15, -0.1) is 0 Å². The molecule has 1 aliphatic rings. The molecule has 0 aromatic carbocycles. The van der Waals surface area contributed by atoms with E-state index in [1.54, 1.807) is 10.9 Å². The zero-order valence-electron chi connectivity index (χ0n) is 12.8. The summed E-state index contributed by atoms with van der Waals surface area (Å²) in [7, 11) is 3.67. The molecular weight excluding hydrogens is 252 g/mol. The number of carbonyl (C=O) groups excluding carboxylic acids is 1. The summed E-state index contributed by atoms with van der Waals surface area (Å²) >= 11 is 0. The molecule has 2 N–H and O–H groups in total. The summed E-state index contributed by atoms with van der Waals surface area (Å²) in [5, 5.41) is 10.3. The molecule has 1 unspecified atom stereocenters. The van der Waals surface area contributed by atoms with Crippen molar-refractivity contribution < 1.29 is 4.79 Å². The number of rotatable bonds is 7. The Morgan fingerprint density at radius 1 is 1.55 bits per heavy atom. The number of hydrogen-bond acceptors (Lipinski definition) is 3. The van der Waals surface area contributed by atoms with Gasteiger partial charge in [0, 0.05) is 25.4 Å². The Morgan fingerprint density at radius 3 is 2.75 bits per heavy atom. The molecular formula is C15H26N4O. The highest BCUT2D eigenvalue weighted by Crippen LogP contribution is 2.44. The van der Waals surface area contributed by atoms with Crippen molar-refractivity contribution in [1.29, 1.82) is 0 Å². The van der Waals surface area contributed by atoms with Crippen LogP contribution in [-0.4, -0.2) is 29.3 Å². The maximum Gasteiger partial charge on any atom is 0.241 e. The van der Waals surface area contributed by atoms with Crippen molar-refractivity contribution in [2.24, 2.45) is 12.5 Å². The van der Waals surface area contributed by atoms with Crippen molar-refractivity contribution in [2.45, 2.75) is 45.1 Å². The Morgan fingerprint density at radius 2 is 2.30 bits per heavy atom. The van der Waals surface area contributed by atoms with E-state index in [2.05, 4.69) is 22.7 Å². The van der Waals surface area contributed by atoms with Crippen LogP contribution in [0.2, 0.25) is 0 Å². The summed E-state index contributed by atoms with van der Waals surface area (Å²) in [4.78, 5) is 12.4. The van der Waals surface area contributed by atoms with E-state index in [0.29, 0.717) is 5.41 Å². The van der Waals surface area contributed by atoms with E-state index in [4.69, 9.17) is 0 Å². The Kier molecular flexibility index (Phi) is 4.81. The maximum absolute atomic E-state index is 12.4. The minimum absolute atomic E-state index is 0.0443. The van der Waals surface area contributed by atoms with E-state index < -0.39 is 0 Å². The summed E-state index contributed by atoms with van der Waals surface area (Å²) in [5.74, 6) is 0.0443. The molecule has 0 saturated heterocycles. The summed E-state index contributed by atoms with van der Waals surface area (Å²) < 4.78 is 1.72. The monoisotopic (exact) mass is 278 g/mol. The third kappa shape index (κ3) is 3.20. The Balaban J connectivity index is 1.93. The first-order valence-electron chi connectivity index (χ1n) is 7.54. The van der Waals surface area contributed by atoms with Crippen LogP contribution in [0.1, 0.15) is 50.6 Å². The fourth-order valence-corrected chi connectivity index (χ4v) is 3.14. The smallest absolute Gasteiger partial charge is 0.241 e. The molecule has 1 heterocycles. The van der Waals surface area contributed by atoms with Crippen LogP contribution in [0, 0.1) is 5.41 Å². The molecule has 1 saturated carbocycles. The van der Waals surface area contributed by atoms with Crippen LogP contribution in [0.3, 0.4) is 0 Å². The lowest BCUT2D eigenvalue weighted by molar-refractivity contribution is -0.124. The molecule has 112 valence electrons. The average molecular weight is 278 g/mol. The van der Waals surface area contributed by atoms with Crippen LogP contribution in [0.4, 0.5) is 0 Å². The lowest BCUT2D eigenvalue weighted by Gasteiger charge is -2.42. The van der Waals surface area contributed by atoms with Crippen molar-refractivity contribution in [3.05, 3.63) is 18.0 Å². The van der Waals surface area contributed by atoms with E-state index in [0.717, 1.165) is 12.1 Å². The van der Waals surface area contributed by atoms with Gasteiger partial charge in [-0.25, -0.2) is 0 Å². The minimum atomic E-state index is -0.317. The van der Waals surface area contributed by atoms with E-state index in [1.807, 2.05) is 20.3 Å². The number of aromatic nitrogens is 2. The molecule has 0 spiro atoms. The van der Waals surface area contributed by atoms with Gasteiger partial charge >= 0.3 is 0 Å². The largest absolute Gasteiger partial charge is 0.354 e. The summed E-state index contributed by atoms with van der Waals surface area (Å²) in [6.07, 6.45) is 9.82. The molecule has 5 heteroatoms. The second kappa shape index (κ2) is 6.39. The van der Waals surface area contributed by atoms with Crippen LogP contribution in [0.15, 0.2) is 12.4 Å². The van der Waals surface area contributed by atoms with Gasteiger partial charge in [-0.3, -0.25) is 9.48 Å². The summed E-state index contributed by atoms with van der Waals surface area (Å²) in [6, 6.07) is -0.317. The molecule has 20 heavy (non-hydrogen) atoms. The normalized spacial score (nSPS) is 18.4. The number of aryl methyl sites for hydroxylation is 1. The second-order valence-electron chi connectivity index (χ2n) is 5.99. The van der Waals surface area contributed by atoms with E-state index in [1.165, 1.54) is 32.1 Å². The van der Waals surface area contributed by atoms with Crippen molar-refractivity contribution in [3.63, 3.8) is 0 Å². The molecule has 0 aliphatic heterocycles. The van der Waals surface area contributed by atoms with Gasteiger partial charge in [0.2, 0.25) is 5.91 Å². The zero-order valence-corrected chi connectivity index (χ0v) is 12.8. The van der Waals surface area contributed by atoms with Gasteiger partial charge in [0.05, 0.1) is 6.20 Å². The first kappa shape index (κ1) is 15.0. The highest BCUT2D eigenvalue weighted by molar-refractivity contribution is 5.83. The van der Waals surface area contributed by atoms with Gasteiger partial charge in [0.25, 0.3) is 0 Å². The zero-order chi connectivity index (χ0) is 14.6. The number of carbonyl (C=O) groups is 1. The quantitative estimate of drug-likeness (QED) is 0.799. The third-order valence-electron chi connectivity index (χ3n) is 4.44. The van der Waals surface area contributed by atoms with Gasteiger partial charge in [0.15, 0.2) is 0 Å². The number of hydrogen-bond donors (Lipinski definition) is 2. The molecule has 1 atom stereocenters. The molecule has 0 radical (unpaired) electrons. The van der Waals surface area contributed by atoms with Crippen molar-refractivity contribution in [1.82, 2.24) is 20.4 Å². The standard InChI is InChI=1S/C15H26N4O/c1-4-6-15(7-5-8-15)11-17-14(20)13(16-2)12-9-18-19(3)10-12/h9-10,13,16H,4-8,11H2,1-3H3,(H,17,20). The van der Waals surface area contributed by atoms with E-state index >= 15 is 0 Å². The van der Waals surface area contributed by atoms with Crippen LogP contribution in [-0.2, 0) is 11.8 Å². The van der Waals surface area contributed by atoms with Crippen LogP contribution >= 0.6 is 0 Å². The van der Waals surface area contributed by atoms with Crippen LogP contribution < -0.4 is 10.6 Å². The van der Waals surface area contributed by atoms with Crippen molar-refractivity contribution in [2.75, 3.05) is 13.6 Å². The van der Waals surface area contributed by atoms with E-state index in [-0.39, 0.29) is 11.9 Å².